The van der Waals surface area contributed by atoms with Gasteiger partial charge in [0.25, 0.3) is 0 Å². The van der Waals surface area contributed by atoms with Crippen LogP contribution in [0.4, 0.5) is 0 Å². The summed E-state index contributed by atoms with van der Waals surface area (Å²) >= 11 is 0. The standard InChI is InChI=1S/C15H23NO2S/c1-7-8-9-16-19(17,18)15-13(5)11(3)10(2)12(4)14(15)6/h7,16H,1,8-9H2,2-6H3. The molecule has 3 nitrogen and oxygen atoms in total. The topological polar surface area (TPSA) is 46.2 Å². The Labute approximate surface area is 116 Å². The van der Waals surface area contributed by atoms with Crippen LogP contribution in [0.5, 0.6) is 0 Å². The average molecular weight is 281 g/mol. The van der Waals surface area contributed by atoms with E-state index in [1.54, 1.807) is 6.08 Å². The van der Waals surface area contributed by atoms with Crippen LogP contribution in [0.15, 0.2) is 17.6 Å². The fourth-order valence-electron chi connectivity index (χ4n) is 2.24. The van der Waals surface area contributed by atoms with E-state index in [2.05, 4.69) is 11.3 Å². The van der Waals surface area contributed by atoms with Crippen molar-refractivity contribution in [2.75, 3.05) is 6.54 Å². The van der Waals surface area contributed by atoms with E-state index in [9.17, 15) is 8.42 Å². The van der Waals surface area contributed by atoms with Gasteiger partial charge in [-0.2, -0.15) is 0 Å². The highest BCUT2D eigenvalue weighted by atomic mass is 32.2. The lowest BCUT2D eigenvalue weighted by atomic mass is 9.95. The van der Waals surface area contributed by atoms with E-state index in [-0.39, 0.29) is 0 Å². The molecule has 0 saturated carbocycles. The molecule has 4 heteroatoms. The molecule has 0 heterocycles. The molecule has 0 fully saturated rings. The van der Waals surface area contributed by atoms with Gasteiger partial charge in [-0.15, -0.1) is 6.58 Å². The van der Waals surface area contributed by atoms with E-state index < -0.39 is 10.0 Å². The molecule has 0 saturated heterocycles. The van der Waals surface area contributed by atoms with Gasteiger partial charge in [0.15, 0.2) is 0 Å². The van der Waals surface area contributed by atoms with Crippen molar-refractivity contribution in [2.24, 2.45) is 0 Å². The van der Waals surface area contributed by atoms with E-state index in [1.165, 1.54) is 5.56 Å². The highest BCUT2D eigenvalue weighted by molar-refractivity contribution is 7.89. The Morgan fingerprint density at radius 1 is 0.947 bits per heavy atom. The molecule has 19 heavy (non-hydrogen) atoms. The van der Waals surface area contributed by atoms with Crippen LogP contribution in [-0.4, -0.2) is 15.0 Å². The fraction of sp³-hybridized carbons (Fsp3) is 0.467. The predicted octanol–water partition coefficient (Wildman–Crippen LogP) is 3.08. The van der Waals surface area contributed by atoms with Crippen molar-refractivity contribution in [1.82, 2.24) is 4.72 Å². The molecule has 1 aromatic carbocycles. The van der Waals surface area contributed by atoms with E-state index in [0.29, 0.717) is 17.9 Å². The normalized spacial score (nSPS) is 11.6. The summed E-state index contributed by atoms with van der Waals surface area (Å²) in [6, 6.07) is 0. The van der Waals surface area contributed by atoms with Crippen LogP contribution in [-0.2, 0) is 10.0 Å². The molecular weight excluding hydrogens is 258 g/mol. The smallest absolute Gasteiger partial charge is 0.211 e. The fourth-order valence-corrected chi connectivity index (χ4v) is 3.88. The molecule has 106 valence electrons. The zero-order valence-electron chi connectivity index (χ0n) is 12.4. The van der Waals surface area contributed by atoms with Crippen LogP contribution in [0.2, 0.25) is 0 Å². The molecule has 0 aromatic heterocycles. The Morgan fingerprint density at radius 2 is 1.37 bits per heavy atom. The molecule has 0 unspecified atom stereocenters. The minimum absolute atomic E-state index is 0.386. The van der Waals surface area contributed by atoms with E-state index >= 15 is 0 Å². The van der Waals surface area contributed by atoms with Gasteiger partial charge in [0.2, 0.25) is 10.0 Å². The van der Waals surface area contributed by atoms with Gasteiger partial charge in [0, 0.05) is 6.54 Å². The number of nitrogens with one attached hydrogen (secondary N) is 1. The van der Waals surface area contributed by atoms with Crippen molar-refractivity contribution in [1.29, 1.82) is 0 Å². The summed E-state index contributed by atoms with van der Waals surface area (Å²) in [4.78, 5) is 0.428. The lowest BCUT2D eigenvalue weighted by Gasteiger charge is -2.18. The zero-order valence-corrected chi connectivity index (χ0v) is 13.2. The molecule has 1 aromatic rings. The summed E-state index contributed by atoms with van der Waals surface area (Å²) in [5.41, 5.74) is 4.94. The second-order valence-electron chi connectivity index (χ2n) is 4.93. The van der Waals surface area contributed by atoms with Crippen LogP contribution >= 0.6 is 0 Å². The van der Waals surface area contributed by atoms with Crippen LogP contribution in [0.3, 0.4) is 0 Å². The molecule has 0 aliphatic rings. The number of hydrogen-bond acceptors (Lipinski definition) is 2. The number of rotatable bonds is 5. The van der Waals surface area contributed by atoms with Crippen LogP contribution < -0.4 is 4.72 Å². The molecule has 0 bridgehead atoms. The highest BCUT2D eigenvalue weighted by Gasteiger charge is 2.22. The third-order valence-corrected chi connectivity index (χ3v) is 5.57. The van der Waals surface area contributed by atoms with Crippen molar-refractivity contribution in [3.05, 3.63) is 40.5 Å². The van der Waals surface area contributed by atoms with Crippen LogP contribution in [0, 0.1) is 34.6 Å². The second kappa shape index (κ2) is 5.88. The van der Waals surface area contributed by atoms with Gasteiger partial charge < -0.3 is 0 Å². The van der Waals surface area contributed by atoms with Crippen molar-refractivity contribution < 1.29 is 8.42 Å². The summed E-state index contributed by atoms with van der Waals surface area (Å²) < 4.78 is 27.5. The van der Waals surface area contributed by atoms with Gasteiger partial charge in [-0.05, 0) is 68.9 Å². The Balaban J connectivity index is 3.39. The van der Waals surface area contributed by atoms with Crippen molar-refractivity contribution in [3.8, 4) is 0 Å². The van der Waals surface area contributed by atoms with Crippen molar-refractivity contribution in [2.45, 2.75) is 45.9 Å². The lowest BCUT2D eigenvalue weighted by Crippen LogP contribution is -2.26. The minimum atomic E-state index is -3.45. The third kappa shape index (κ3) is 3.07. The van der Waals surface area contributed by atoms with E-state index in [0.717, 1.165) is 22.3 Å². The van der Waals surface area contributed by atoms with Gasteiger partial charge in [-0.25, -0.2) is 13.1 Å². The second-order valence-corrected chi connectivity index (χ2v) is 6.63. The first-order chi connectivity index (χ1) is 8.74. The lowest BCUT2D eigenvalue weighted by molar-refractivity contribution is 0.580. The maximum Gasteiger partial charge on any atom is 0.241 e. The minimum Gasteiger partial charge on any atom is -0.211 e. The number of hydrogen-bond donors (Lipinski definition) is 1. The highest BCUT2D eigenvalue weighted by Crippen LogP contribution is 2.29. The summed E-state index contributed by atoms with van der Waals surface area (Å²) in [7, 11) is -3.45. The Hall–Kier alpha value is -1.13. The SMILES string of the molecule is C=CCCNS(=O)(=O)c1c(C)c(C)c(C)c(C)c1C. The Kier molecular flexibility index (Phi) is 4.93. The summed E-state index contributed by atoms with van der Waals surface area (Å²) in [6.45, 7) is 13.7. The monoisotopic (exact) mass is 281 g/mol. The van der Waals surface area contributed by atoms with Crippen molar-refractivity contribution in [3.63, 3.8) is 0 Å². The third-order valence-electron chi connectivity index (χ3n) is 3.84. The molecule has 0 amide bonds. The Bertz CT molecular complexity index is 572. The van der Waals surface area contributed by atoms with Gasteiger partial charge in [0.05, 0.1) is 4.90 Å². The van der Waals surface area contributed by atoms with E-state index in [4.69, 9.17) is 0 Å². The maximum atomic E-state index is 12.4. The zero-order chi connectivity index (χ0) is 14.8. The van der Waals surface area contributed by atoms with Gasteiger partial charge >= 0.3 is 0 Å². The van der Waals surface area contributed by atoms with Gasteiger partial charge in [-0.1, -0.05) is 6.08 Å². The predicted molar refractivity (Wildman–Crippen MR) is 80.1 cm³/mol. The van der Waals surface area contributed by atoms with Crippen LogP contribution in [0.25, 0.3) is 0 Å². The molecule has 0 atom stereocenters. The Morgan fingerprint density at radius 3 is 1.79 bits per heavy atom. The molecular formula is C15H23NO2S. The van der Waals surface area contributed by atoms with Crippen LogP contribution in [0.1, 0.15) is 34.2 Å². The first kappa shape index (κ1) is 15.9. The molecule has 1 rings (SSSR count). The first-order valence-corrected chi connectivity index (χ1v) is 7.89. The van der Waals surface area contributed by atoms with Gasteiger partial charge in [0.1, 0.15) is 0 Å². The van der Waals surface area contributed by atoms with Gasteiger partial charge in [-0.3, -0.25) is 0 Å². The molecule has 0 spiro atoms. The summed E-state index contributed by atoms with van der Waals surface area (Å²) in [5, 5.41) is 0. The quantitative estimate of drug-likeness (QED) is 0.666. The molecule has 0 aliphatic carbocycles. The molecule has 0 radical (unpaired) electrons. The molecule has 1 N–H and O–H groups in total. The van der Waals surface area contributed by atoms with Crippen molar-refractivity contribution >= 4 is 10.0 Å². The summed E-state index contributed by atoms with van der Waals surface area (Å²) in [5.74, 6) is 0. The first-order valence-electron chi connectivity index (χ1n) is 6.41. The number of benzene rings is 1. The maximum absolute atomic E-state index is 12.4. The summed E-state index contributed by atoms with van der Waals surface area (Å²) in [6.07, 6.45) is 2.33. The average Bonchev–Trinajstić information content (AvgIpc) is 2.34. The van der Waals surface area contributed by atoms with E-state index in [1.807, 2.05) is 34.6 Å². The largest absolute Gasteiger partial charge is 0.241 e. The number of sulfonamides is 1. The molecule has 0 aliphatic heterocycles.